The van der Waals surface area contributed by atoms with Gasteiger partial charge in [-0.1, -0.05) is 18.2 Å². The molecule has 0 spiro atoms. The van der Waals surface area contributed by atoms with Crippen LogP contribution in [-0.2, 0) is 0 Å². The number of piperidine rings is 1. The van der Waals surface area contributed by atoms with Crippen LogP contribution in [0.5, 0.6) is 5.88 Å². The van der Waals surface area contributed by atoms with Crippen LogP contribution >= 0.6 is 0 Å². The van der Waals surface area contributed by atoms with Crippen LogP contribution in [0.1, 0.15) is 68.7 Å². The van der Waals surface area contributed by atoms with Crippen molar-refractivity contribution < 1.29 is 17.9 Å². The lowest BCUT2D eigenvalue weighted by Gasteiger charge is -2.38. The van der Waals surface area contributed by atoms with Crippen molar-refractivity contribution in [3.63, 3.8) is 0 Å². The van der Waals surface area contributed by atoms with Crippen LogP contribution < -0.4 is 10.1 Å². The van der Waals surface area contributed by atoms with E-state index in [1.807, 2.05) is 0 Å². The van der Waals surface area contributed by atoms with E-state index in [4.69, 9.17) is 9.72 Å². The highest BCUT2D eigenvalue weighted by atomic mass is 19.3. The Morgan fingerprint density at radius 3 is 2.42 bits per heavy atom. The Morgan fingerprint density at radius 1 is 1.05 bits per heavy atom. The summed E-state index contributed by atoms with van der Waals surface area (Å²) in [5, 5.41) is 3.92. The molecule has 2 fully saturated rings. The van der Waals surface area contributed by atoms with Gasteiger partial charge in [0.05, 0.1) is 17.0 Å². The molecule has 2 aliphatic heterocycles. The molecule has 0 amide bonds. The number of alkyl halides is 2. The molecule has 0 unspecified atom stereocenters. The number of pyridine rings is 1. The summed E-state index contributed by atoms with van der Waals surface area (Å²) in [7, 11) is 2.06. The van der Waals surface area contributed by atoms with E-state index < -0.39 is 23.8 Å². The molecule has 1 aromatic carbocycles. The summed E-state index contributed by atoms with van der Waals surface area (Å²) >= 11 is 0. The quantitative estimate of drug-likeness (QED) is 0.411. The first-order valence-electron chi connectivity index (χ1n) is 13.3. The smallest absolute Gasteiger partial charge is 0.266 e. The number of likely N-dealkylation sites (tertiary alicyclic amines) is 2. The minimum absolute atomic E-state index is 0.0870. The van der Waals surface area contributed by atoms with Gasteiger partial charge in [0.25, 0.3) is 6.43 Å². The molecule has 2 aromatic heterocycles. The van der Waals surface area contributed by atoms with E-state index in [1.54, 1.807) is 6.92 Å². The number of fused-ring (bicyclic) bond motifs is 1. The predicted octanol–water partition coefficient (Wildman–Crippen LogP) is 5.56. The zero-order valence-electron chi connectivity index (χ0n) is 22.3. The van der Waals surface area contributed by atoms with Gasteiger partial charge < -0.3 is 15.0 Å². The number of nitrogens with one attached hydrogen (secondary N) is 1. The van der Waals surface area contributed by atoms with Crippen molar-refractivity contribution in [2.75, 3.05) is 38.5 Å². The normalized spacial score (nSPS) is 18.8. The number of nitrogens with zero attached hydrogens (tertiary/aromatic N) is 5. The lowest BCUT2D eigenvalue weighted by Crippen LogP contribution is -2.51. The Morgan fingerprint density at radius 2 is 1.76 bits per heavy atom. The Balaban J connectivity index is 1.48. The van der Waals surface area contributed by atoms with Gasteiger partial charge in [0.2, 0.25) is 5.88 Å². The van der Waals surface area contributed by atoms with E-state index in [9.17, 15) is 13.2 Å². The van der Waals surface area contributed by atoms with E-state index in [1.165, 1.54) is 18.5 Å². The topological polar surface area (TPSA) is 66.4 Å². The molecular formula is C28H35F3N6O. The van der Waals surface area contributed by atoms with Gasteiger partial charge in [0.1, 0.15) is 24.1 Å². The second-order valence-electron chi connectivity index (χ2n) is 10.8. The summed E-state index contributed by atoms with van der Waals surface area (Å²) < 4.78 is 47.7. The zero-order valence-corrected chi connectivity index (χ0v) is 22.3. The predicted molar refractivity (Wildman–Crippen MR) is 141 cm³/mol. The van der Waals surface area contributed by atoms with Crippen molar-refractivity contribution >= 4 is 16.9 Å². The summed E-state index contributed by atoms with van der Waals surface area (Å²) in [4.78, 5) is 18.3. The van der Waals surface area contributed by atoms with Crippen LogP contribution in [-0.4, -0.2) is 70.1 Å². The number of likely N-dealkylation sites (N-methyl/N-ethyl adjacent to an activating group) is 1. The molecule has 7 nitrogen and oxygen atoms in total. The van der Waals surface area contributed by atoms with Crippen LogP contribution in [0.4, 0.5) is 19.0 Å². The van der Waals surface area contributed by atoms with Gasteiger partial charge in [-0.25, -0.2) is 23.1 Å². The molecule has 0 radical (unpaired) electrons. The highest BCUT2D eigenvalue weighted by molar-refractivity contribution is 5.87. The van der Waals surface area contributed by atoms with Gasteiger partial charge in [-0.05, 0) is 65.7 Å². The fourth-order valence-corrected chi connectivity index (χ4v) is 5.44. The Labute approximate surface area is 221 Å². The summed E-state index contributed by atoms with van der Waals surface area (Å²) in [6.45, 7) is 9.86. The maximum atomic E-state index is 14.8. The van der Waals surface area contributed by atoms with Crippen LogP contribution in [0.25, 0.3) is 11.0 Å². The lowest BCUT2D eigenvalue weighted by molar-refractivity contribution is 0.0344. The van der Waals surface area contributed by atoms with E-state index >= 15 is 0 Å². The lowest BCUT2D eigenvalue weighted by atomic mass is 9.89. The van der Waals surface area contributed by atoms with E-state index in [-0.39, 0.29) is 17.6 Å². The van der Waals surface area contributed by atoms with Gasteiger partial charge in [0, 0.05) is 30.3 Å². The standard InChI is InChI=1S/C28H35F3N6O/c1-16(2)37-10-8-18(9-11-37)22-12-23-26(34-17(3)20-6-5-7-21(24(20)29)25(30)31)32-15-33-27(23)35-28(22)38-19-13-36(4)14-19/h5-7,12,15-19,25H,8-11,13-14H2,1-4H3,(H,32,33,34,35)/t17-/m1/s1. The third-order valence-electron chi connectivity index (χ3n) is 7.74. The summed E-state index contributed by atoms with van der Waals surface area (Å²) in [5.41, 5.74) is 1.05. The highest BCUT2D eigenvalue weighted by Gasteiger charge is 2.30. The number of aromatic nitrogens is 3. The third-order valence-corrected chi connectivity index (χ3v) is 7.74. The third kappa shape index (κ3) is 5.42. The number of hydrogen-bond acceptors (Lipinski definition) is 7. The number of benzene rings is 1. The highest BCUT2D eigenvalue weighted by Crippen LogP contribution is 2.38. The molecule has 1 atom stereocenters. The molecule has 38 heavy (non-hydrogen) atoms. The molecule has 1 N–H and O–H groups in total. The van der Waals surface area contributed by atoms with Crippen LogP contribution in [0.15, 0.2) is 30.6 Å². The molecule has 3 aromatic rings. The average molecular weight is 529 g/mol. The van der Waals surface area contributed by atoms with Crippen LogP contribution in [0, 0.1) is 5.82 Å². The number of halogens is 3. The fraction of sp³-hybridized carbons (Fsp3) is 0.536. The van der Waals surface area contributed by atoms with Crippen LogP contribution in [0.3, 0.4) is 0 Å². The van der Waals surface area contributed by atoms with Crippen molar-refractivity contribution in [3.05, 3.63) is 53.1 Å². The zero-order chi connectivity index (χ0) is 27.0. The second-order valence-corrected chi connectivity index (χ2v) is 10.8. The van der Waals surface area contributed by atoms with Crippen LogP contribution in [0.2, 0.25) is 0 Å². The van der Waals surface area contributed by atoms with E-state index in [0.717, 1.165) is 50.7 Å². The summed E-state index contributed by atoms with van der Waals surface area (Å²) in [6.07, 6.45) is 0.585. The molecule has 204 valence electrons. The van der Waals surface area contributed by atoms with Gasteiger partial charge in [-0.15, -0.1) is 0 Å². The molecule has 2 saturated heterocycles. The molecule has 4 heterocycles. The Hall–Kier alpha value is -2.98. The monoisotopic (exact) mass is 528 g/mol. The first-order valence-corrected chi connectivity index (χ1v) is 13.3. The summed E-state index contributed by atoms with van der Waals surface area (Å²) in [6, 6.07) is 6.01. The Kier molecular flexibility index (Phi) is 7.72. The Bertz CT molecular complexity index is 1270. The minimum Gasteiger partial charge on any atom is -0.471 e. The molecule has 10 heteroatoms. The number of ether oxygens (including phenoxy) is 1. The maximum Gasteiger partial charge on any atom is 0.266 e. The van der Waals surface area contributed by atoms with Gasteiger partial charge in [-0.3, -0.25) is 4.90 Å². The number of hydrogen-bond donors (Lipinski definition) is 1. The molecule has 0 aliphatic carbocycles. The number of rotatable bonds is 8. The van der Waals surface area contributed by atoms with Crippen molar-refractivity contribution in [2.45, 2.75) is 64.1 Å². The minimum atomic E-state index is -2.88. The molecule has 2 aliphatic rings. The van der Waals surface area contributed by atoms with Gasteiger partial charge >= 0.3 is 0 Å². The molecular weight excluding hydrogens is 493 g/mol. The SMILES string of the molecule is CC(C)N1CCC(c2cc3c(N[C@H](C)c4cccc(C(F)F)c4F)ncnc3nc2OC2CN(C)C2)CC1. The van der Waals surface area contributed by atoms with E-state index in [0.29, 0.717) is 28.8 Å². The van der Waals surface area contributed by atoms with Gasteiger partial charge in [-0.2, -0.15) is 4.98 Å². The fourth-order valence-electron chi connectivity index (χ4n) is 5.44. The molecule has 0 saturated carbocycles. The first-order chi connectivity index (χ1) is 18.2. The maximum absolute atomic E-state index is 14.8. The second kappa shape index (κ2) is 11.0. The van der Waals surface area contributed by atoms with Crippen molar-refractivity contribution in [1.82, 2.24) is 24.8 Å². The van der Waals surface area contributed by atoms with Crippen molar-refractivity contribution in [2.24, 2.45) is 0 Å². The van der Waals surface area contributed by atoms with E-state index in [2.05, 4.69) is 52.0 Å². The average Bonchev–Trinajstić information content (AvgIpc) is 2.87. The molecule has 5 rings (SSSR count). The molecule has 0 bridgehead atoms. The van der Waals surface area contributed by atoms with Crippen molar-refractivity contribution in [1.29, 1.82) is 0 Å². The number of anilines is 1. The van der Waals surface area contributed by atoms with Gasteiger partial charge in [0.15, 0.2) is 5.65 Å². The first kappa shape index (κ1) is 26.6. The summed E-state index contributed by atoms with van der Waals surface area (Å²) in [5.74, 6) is 0.470. The largest absolute Gasteiger partial charge is 0.471 e. The van der Waals surface area contributed by atoms with Crippen molar-refractivity contribution in [3.8, 4) is 5.88 Å².